The van der Waals surface area contributed by atoms with Gasteiger partial charge < -0.3 is 9.47 Å². The molecule has 23 heavy (non-hydrogen) atoms. The number of ether oxygens (including phenoxy) is 2. The number of carbonyl (C=O) groups excluding carboxylic acids is 2. The van der Waals surface area contributed by atoms with Crippen LogP contribution in [0.2, 0.25) is 5.02 Å². The smallest absolute Gasteiger partial charge is 0.340 e. The summed E-state index contributed by atoms with van der Waals surface area (Å²) in [5, 5.41) is 0.266. The quantitative estimate of drug-likeness (QED) is 0.549. The second kappa shape index (κ2) is 7.62. The molecule has 0 aliphatic rings. The van der Waals surface area contributed by atoms with E-state index in [0.29, 0.717) is 15.8 Å². The van der Waals surface area contributed by atoms with Gasteiger partial charge in [0.1, 0.15) is 5.75 Å². The lowest BCUT2D eigenvalue weighted by molar-refractivity contribution is 0.0319. The van der Waals surface area contributed by atoms with Crippen LogP contribution in [-0.4, -0.2) is 25.0 Å². The van der Waals surface area contributed by atoms with Crippen LogP contribution in [-0.2, 0) is 4.74 Å². The van der Waals surface area contributed by atoms with E-state index in [-0.39, 0.29) is 16.4 Å². The maximum atomic E-state index is 12.3. The second-order valence-electron chi connectivity index (χ2n) is 4.76. The van der Waals surface area contributed by atoms with Crippen LogP contribution in [0.3, 0.4) is 0 Å². The minimum atomic E-state index is -0.925. The van der Waals surface area contributed by atoms with Gasteiger partial charge in [0.15, 0.2) is 6.10 Å². The molecule has 0 aliphatic carbocycles. The van der Waals surface area contributed by atoms with E-state index in [2.05, 4.69) is 15.9 Å². The van der Waals surface area contributed by atoms with Crippen LogP contribution in [0.1, 0.15) is 27.6 Å². The van der Waals surface area contributed by atoms with E-state index in [9.17, 15) is 9.59 Å². The maximum Gasteiger partial charge on any atom is 0.340 e. The van der Waals surface area contributed by atoms with Crippen molar-refractivity contribution in [1.29, 1.82) is 0 Å². The first-order valence-corrected chi connectivity index (χ1v) is 7.93. The average Bonchev–Trinajstić information content (AvgIpc) is 2.56. The van der Waals surface area contributed by atoms with Crippen LogP contribution in [0, 0.1) is 0 Å². The summed E-state index contributed by atoms with van der Waals surface area (Å²) in [5.74, 6) is -0.301. The molecule has 1 atom stereocenters. The monoisotopic (exact) mass is 396 g/mol. The molecular formula is C17H14BrClO4. The van der Waals surface area contributed by atoms with Crippen molar-refractivity contribution < 1.29 is 19.1 Å². The SMILES string of the molecule is COc1ccc(C(=O)[C@@H](C)OC(=O)c2cc(Br)ccc2Cl)cc1. The molecule has 0 radical (unpaired) electrons. The second-order valence-corrected chi connectivity index (χ2v) is 6.09. The fraction of sp³-hybridized carbons (Fsp3) is 0.176. The number of ketones is 1. The van der Waals surface area contributed by atoms with Gasteiger partial charge in [-0.05, 0) is 49.4 Å². The van der Waals surface area contributed by atoms with Gasteiger partial charge in [-0.15, -0.1) is 0 Å². The lowest BCUT2D eigenvalue weighted by Crippen LogP contribution is -2.24. The number of benzene rings is 2. The Bertz CT molecular complexity index is 728. The number of rotatable bonds is 5. The van der Waals surface area contributed by atoms with Gasteiger partial charge in [0.05, 0.1) is 17.7 Å². The van der Waals surface area contributed by atoms with Gasteiger partial charge in [-0.25, -0.2) is 4.79 Å². The lowest BCUT2D eigenvalue weighted by Gasteiger charge is -2.13. The molecule has 0 fully saturated rings. The number of esters is 1. The molecular weight excluding hydrogens is 384 g/mol. The molecule has 0 amide bonds. The van der Waals surface area contributed by atoms with Gasteiger partial charge in [0, 0.05) is 10.0 Å². The molecule has 0 spiro atoms. The van der Waals surface area contributed by atoms with Crippen LogP contribution in [0.5, 0.6) is 5.75 Å². The first-order chi connectivity index (χ1) is 10.9. The summed E-state index contributed by atoms with van der Waals surface area (Å²) in [7, 11) is 1.54. The Morgan fingerprint density at radius 3 is 2.39 bits per heavy atom. The van der Waals surface area contributed by atoms with Crippen LogP contribution in [0.15, 0.2) is 46.9 Å². The zero-order chi connectivity index (χ0) is 17.0. The van der Waals surface area contributed by atoms with Gasteiger partial charge in [0.2, 0.25) is 5.78 Å². The van der Waals surface area contributed by atoms with Gasteiger partial charge in [-0.1, -0.05) is 27.5 Å². The molecule has 0 aromatic heterocycles. The van der Waals surface area contributed by atoms with Crippen LogP contribution in [0.4, 0.5) is 0 Å². The Morgan fingerprint density at radius 2 is 1.78 bits per heavy atom. The topological polar surface area (TPSA) is 52.6 Å². The first kappa shape index (κ1) is 17.5. The molecule has 120 valence electrons. The minimum Gasteiger partial charge on any atom is -0.497 e. The van der Waals surface area contributed by atoms with Gasteiger partial charge in [-0.3, -0.25) is 4.79 Å². The summed E-state index contributed by atoms with van der Waals surface area (Å²) in [6.45, 7) is 1.52. The highest BCUT2D eigenvalue weighted by Gasteiger charge is 2.22. The van der Waals surface area contributed by atoms with Crippen molar-refractivity contribution in [3.05, 3.63) is 63.1 Å². The van der Waals surface area contributed by atoms with Crippen molar-refractivity contribution in [1.82, 2.24) is 0 Å². The van der Waals surface area contributed by atoms with Gasteiger partial charge in [0.25, 0.3) is 0 Å². The third-order valence-electron chi connectivity index (χ3n) is 3.18. The molecule has 0 saturated carbocycles. The highest BCUT2D eigenvalue weighted by Crippen LogP contribution is 2.22. The first-order valence-electron chi connectivity index (χ1n) is 6.76. The summed E-state index contributed by atoms with van der Waals surface area (Å²) in [6.07, 6.45) is -0.925. The molecule has 6 heteroatoms. The molecule has 0 N–H and O–H groups in total. The normalized spacial score (nSPS) is 11.7. The molecule has 0 bridgehead atoms. The summed E-state index contributed by atoms with van der Waals surface area (Å²) >= 11 is 9.25. The molecule has 2 aromatic carbocycles. The number of halogens is 2. The van der Waals surface area contributed by atoms with E-state index < -0.39 is 12.1 Å². The van der Waals surface area contributed by atoms with E-state index in [0.717, 1.165) is 0 Å². The van der Waals surface area contributed by atoms with Crippen molar-refractivity contribution in [2.45, 2.75) is 13.0 Å². The zero-order valence-electron chi connectivity index (χ0n) is 12.5. The summed E-state index contributed by atoms with van der Waals surface area (Å²) in [6, 6.07) is 11.4. The number of methoxy groups -OCH3 is 1. The fourth-order valence-electron chi connectivity index (χ4n) is 1.92. The lowest BCUT2D eigenvalue weighted by atomic mass is 10.1. The van der Waals surface area contributed by atoms with E-state index in [1.54, 1.807) is 49.6 Å². The number of Topliss-reactive ketones (excluding diaryl/α,β-unsaturated/α-hetero) is 1. The van der Waals surface area contributed by atoms with Gasteiger partial charge >= 0.3 is 5.97 Å². The Hall–Kier alpha value is -1.85. The molecule has 0 heterocycles. The highest BCUT2D eigenvalue weighted by atomic mass is 79.9. The molecule has 0 aliphatic heterocycles. The van der Waals surface area contributed by atoms with E-state index in [4.69, 9.17) is 21.1 Å². The van der Waals surface area contributed by atoms with E-state index in [1.165, 1.54) is 6.92 Å². The van der Waals surface area contributed by atoms with Crippen molar-refractivity contribution >= 4 is 39.3 Å². The maximum absolute atomic E-state index is 12.3. The third kappa shape index (κ3) is 4.33. The van der Waals surface area contributed by atoms with Crippen molar-refractivity contribution in [2.75, 3.05) is 7.11 Å². The number of hydrogen-bond acceptors (Lipinski definition) is 4. The Kier molecular flexibility index (Phi) is 5.80. The fourth-order valence-corrected chi connectivity index (χ4v) is 2.48. The van der Waals surface area contributed by atoms with Crippen molar-refractivity contribution in [2.24, 2.45) is 0 Å². The minimum absolute atomic E-state index is 0.204. The Balaban J connectivity index is 2.10. The Morgan fingerprint density at radius 1 is 1.13 bits per heavy atom. The highest BCUT2D eigenvalue weighted by molar-refractivity contribution is 9.10. The molecule has 0 saturated heterocycles. The number of hydrogen-bond donors (Lipinski definition) is 0. The zero-order valence-corrected chi connectivity index (χ0v) is 14.8. The Labute approximate surface area is 147 Å². The van der Waals surface area contributed by atoms with Gasteiger partial charge in [-0.2, -0.15) is 0 Å². The molecule has 2 aromatic rings. The largest absolute Gasteiger partial charge is 0.497 e. The number of carbonyl (C=O) groups is 2. The summed E-state index contributed by atoms with van der Waals surface area (Å²) in [5.41, 5.74) is 0.641. The summed E-state index contributed by atoms with van der Waals surface area (Å²) in [4.78, 5) is 24.5. The standard InChI is InChI=1S/C17H14BrClO4/c1-10(16(20)11-3-6-13(22-2)7-4-11)23-17(21)14-9-12(18)5-8-15(14)19/h3-10H,1-2H3/t10-/m1/s1. The van der Waals surface area contributed by atoms with Crippen LogP contribution >= 0.6 is 27.5 Å². The third-order valence-corrected chi connectivity index (χ3v) is 4.00. The molecule has 4 nitrogen and oxygen atoms in total. The van der Waals surface area contributed by atoms with Crippen molar-refractivity contribution in [3.63, 3.8) is 0 Å². The van der Waals surface area contributed by atoms with E-state index in [1.807, 2.05) is 0 Å². The van der Waals surface area contributed by atoms with Crippen LogP contribution < -0.4 is 4.74 Å². The molecule has 0 unspecified atom stereocenters. The predicted molar refractivity (Wildman–Crippen MR) is 91.4 cm³/mol. The molecule has 2 rings (SSSR count). The van der Waals surface area contributed by atoms with Crippen molar-refractivity contribution in [3.8, 4) is 5.75 Å². The predicted octanol–water partition coefficient (Wildman–Crippen LogP) is 4.54. The summed E-state index contributed by atoms with van der Waals surface area (Å²) < 4.78 is 11.0. The van der Waals surface area contributed by atoms with E-state index >= 15 is 0 Å². The average molecular weight is 398 g/mol. The van der Waals surface area contributed by atoms with Crippen LogP contribution in [0.25, 0.3) is 0 Å².